The van der Waals surface area contributed by atoms with Crippen LogP contribution in [0.3, 0.4) is 0 Å². The lowest BCUT2D eigenvalue weighted by Crippen LogP contribution is -2.21. The quantitative estimate of drug-likeness (QED) is 0.442. The average molecular weight is 404 g/mol. The number of hydrogen-bond acceptors (Lipinski definition) is 5. The molecular formula is C23H20N2O3S. The second-order valence-corrected chi connectivity index (χ2v) is 7.78. The highest BCUT2D eigenvalue weighted by Gasteiger charge is 2.10. The van der Waals surface area contributed by atoms with E-state index >= 15 is 0 Å². The molecule has 0 aliphatic rings. The minimum absolute atomic E-state index is 0.261. The van der Waals surface area contributed by atoms with Crippen LogP contribution in [0.25, 0.3) is 21.0 Å². The first kappa shape index (κ1) is 19.1. The monoisotopic (exact) mass is 404 g/mol. The van der Waals surface area contributed by atoms with Crippen molar-refractivity contribution in [2.24, 2.45) is 0 Å². The Labute approximate surface area is 172 Å². The highest BCUT2D eigenvalue weighted by molar-refractivity contribution is 7.18. The van der Waals surface area contributed by atoms with E-state index in [0.29, 0.717) is 12.1 Å². The van der Waals surface area contributed by atoms with Gasteiger partial charge in [0.2, 0.25) is 0 Å². The summed E-state index contributed by atoms with van der Waals surface area (Å²) in [5, 5.41) is 5.81. The van der Waals surface area contributed by atoms with Crippen LogP contribution in [0.15, 0.2) is 66.7 Å². The Bertz CT molecular complexity index is 1130. The molecule has 0 atom stereocenters. The molecule has 3 aromatic carbocycles. The first-order chi connectivity index (χ1) is 14.2. The summed E-state index contributed by atoms with van der Waals surface area (Å²) >= 11 is 1.64. The number of fused-ring (bicyclic) bond motifs is 2. The number of benzene rings is 3. The van der Waals surface area contributed by atoms with Gasteiger partial charge in [0.15, 0.2) is 6.61 Å². The Kier molecular flexibility index (Phi) is 5.81. The molecule has 29 heavy (non-hydrogen) atoms. The van der Waals surface area contributed by atoms with E-state index in [-0.39, 0.29) is 24.9 Å². The summed E-state index contributed by atoms with van der Waals surface area (Å²) in [6.45, 7) is -0.288. The van der Waals surface area contributed by atoms with E-state index in [1.165, 1.54) is 0 Å². The summed E-state index contributed by atoms with van der Waals surface area (Å²) in [4.78, 5) is 28.7. The number of ether oxygens (including phenoxy) is 1. The molecule has 0 aliphatic heterocycles. The van der Waals surface area contributed by atoms with Gasteiger partial charge in [-0.3, -0.25) is 9.59 Å². The van der Waals surface area contributed by atoms with Gasteiger partial charge in [0.05, 0.1) is 15.2 Å². The Morgan fingerprint density at radius 2 is 1.76 bits per heavy atom. The van der Waals surface area contributed by atoms with Gasteiger partial charge in [-0.05, 0) is 36.4 Å². The Hall–Kier alpha value is -3.25. The van der Waals surface area contributed by atoms with E-state index in [1.54, 1.807) is 11.3 Å². The zero-order chi connectivity index (χ0) is 20.1. The van der Waals surface area contributed by atoms with Crippen molar-refractivity contribution in [2.45, 2.75) is 19.3 Å². The maximum atomic E-state index is 12.2. The molecule has 1 N–H and O–H groups in total. The second-order valence-electron chi connectivity index (χ2n) is 6.66. The van der Waals surface area contributed by atoms with E-state index in [1.807, 2.05) is 66.7 Å². The van der Waals surface area contributed by atoms with Crippen molar-refractivity contribution < 1.29 is 14.3 Å². The molecule has 0 bridgehead atoms. The Morgan fingerprint density at radius 1 is 0.966 bits per heavy atom. The topological polar surface area (TPSA) is 68.3 Å². The summed E-state index contributed by atoms with van der Waals surface area (Å²) in [5.74, 6) is -0.722. The minimum Gasteiger partial charge on any atom is -0.456 e. The van der Waals surface area contributed by atoms with Gasteiger partial charge in [-0.25, -0.2) is 4.98 Å². The summed E-state index contributed by atoms with van der Waals surface area (Å²) < 4.78 is 6.27. The molecular weight excluding hydrogens is 384 g/mol. The third-order valence-corrected chi connectivity index (χ3v) is 5.63. The van der Waals surface area contributed by atoms with Crippen LogP contribution < -0.4 is 5.32 Å². The molecule has 0 spiro atoms. The molecule has 0 saturated carbocycles. The van der Waals surface area contributed by atoms with Crippen LogP contribution in [-0.4, -0.2) is 23.5 Å². The van der Waals surface area contributed by atoms with Gasteiger partial charge >= 0.3 is 5.97 Å². The first-order valence-corrected chi connectivity index (χ1v) is 10.3. The predicted molar refractivity (Wildman–Crippen MR) is 116 cm³/mol. The molecule has 0 aliphatic carbocycles. The van der Waals surface area contributed by atoms with Gasteiger partial charge < -0.3 is 10.1 Å². The highest BCUT2D eigenvalue weighted by atomic mass is 32.1. The summed E-state index contributed by atoms with van der Waals surface area (Å²) in [6.07, 6.45) is 1.62. The van der Waals surface area contributed by atoms with Crippen molar-refractivity contribution >= 4 is 49.9 Å². The highest BCUT2D eigenvalue weighted by Crippen LogP contribution is 2.23. The lowest BCUT2D eigenvalue weighted by Gasteiger charge is -2.09. The smallest absolute Gasteiger partial charge is 0.306 e. The number of carbonyl (C=O) groups is 2. The number of nitrogens with one attached hydrogen (secondary N) is 1. The Balaban J connectivity index is 1.23. The van der Waals surface area contributed by atoms with Crippen LogP contribution >= 0.6 is 11.3 Å². The standard InChI is InChI=1S/C23H20N2O3S/c26-21(24-18-11-5-8-16-7-1-2-9-17(16)18)15-28-23(27)14-6-13-22-25-19-10-3-4-12-20(19)29-22/h1-5,7-12H,6,13-15H2,(H,24,26). The third-order valence-electron chi connectivity index (χ3n) is 4.54. The molecule has 6 heteroatoms. The van der Waals surface area contributed by atoms with Crippen LogP contribution in [0.1, 0.15) is 17.8 Å². The number of aromatic nitrogens is 1. The molecule has 0 radical (unpaired) electrons. The number of aryl methyl sites for hydroxylation is 1. The summed E-state index contributed by atoms with van der Waals surface area (Å²) in [6, 6.07) is 21.5. The first-order valence-electron chi connectivity index (χ1n) is 9.47. The van der Waals surface area contributed by atoms with Crippen molar-refractivity contribution in [3.8, 4) is 0 Å². The van der Waals surface area contributed by atoms with Crippen LogP contribution in [0.5, 0.6) is 0 Å². The summed E-state index contributed by atoms with van der Waals surface area (Å²) in [7, 11) is 0. The van der Waals surface area contributed by atoms with Crippen molar-refractivity contribution in [2.75, 3.05) is 11.9 Å². The number of carbonyl (C=O) groups excluding carboxylic acids is 2. The largest absolute Gasteiger partial charge is 0.456 e. The number of hydrogen-bond donors (Lipinski definition) is 1. The van der Waals surface area contributed by atoms with E-state index in [9.17, 15) is 9.59 Å². The molecule has 1 aromatic heterocycles. The van der Waals surface area contributed by atoms with E-state index in [0.717, 1.165) is 32.4 Å². The van der Waals surface area contributed by atoms with Gasteiger partial charge in [0, 0.05) is 17.5 Å². The van der Waals surface area contributed by atoms with Gasteiger partial charge in [-0.15, -0.1) is 11.3 Å². The SMILES string of the molecule is O=C(COC(=O)CCCc1nc2ccccc2s1)Nc1cccc2ccccc12. The fourth-order valence-corrected chi connectivity index (χ4v) is 4.16. The number of amides is 1. The van der Waals surface area contributed by atoms with Gasteiger partial charge in [-0.1, -0.05) is 48.5 Å². The van der Waals surface area contributed by atoms with Crippen molar-refractivity contribution in [1.82, 2.24) is 4.98 Å². The van der Waals surface area contributed by atoms with E-state index in [2.05, 4.69) is 10.3 Å². The third kappa shape index (κ3) is 4.78. The average Bonchev–Trinajstić information content (AvgIpc) is 3.15. The molecule has 1 amide bonds. The molecule has 146 valence electrons. The van der Waals surface area contributed by atoms with Crippen molar-refractivity contribution in [3.05, 3.63) is 71.7 Å². The number of rotatable bonds is 7. The van der Waals surface area contributed by atoms with Crippen LogP contribution in [-0.2, 0) is 20.7 Å². The lowest BCUT2D eigenvalue weighted by atomic mass is 10.1. The van der Waals surface area contributed by atoms with Gasteiger partial charge in [0.25, 0.3) is 5.91 Å². The molecule has 4 aromatic rings. The zero-order valence-electron chi connectivity index (χ0n) is 15.8. The molecule has 4 rings (SSSR count). The Morgan fingerprint density at radius 3 is 2.66 bits per heavy atom. The normalized spacial score (nSPS) is 10.9. The molecule has 0 unspecified atom stereocenters. The molecule has 1 heterocycles. The van der Waals surface area contributed by atoms with Gasteiger partial charge in [0.1, 0.15) is 0 Å². The summed E-state index contributed by atoms with van der Waals surface area (Å²) in [5.41, 5.74) is 1.69. The predicted octanol–water partition coefficient (Wildman–Crippen LogP) is 4.95. The van der Waals surface area contributed by atoms with Crippen LogP contribution in [0.2, 0.25) is 0 Å². The molecule has 0 saturated heterocycles. The zero-order valence-corrected chi connectivity index (χ0v) is 16.6. The maximum Gasteiger partial charge on any atom is 0.306 e. The molecule has 0 fully saturated rings. The number of anilines is 1. The van der Waals surface area contributed by atoms with Crippen LogP contribution in [0.4, 0.5) is 5.69 Å². The molecule has 5 nitrogen and oxygen atoms in total. The lowest BCUT2D eigenvalue weighted by molar-refractivity contribution is -0.147. The fourth-order valence-electron chi connectivity index (χ4n) is 3.15. The van der Waals surface area contributed by atoms with E-state index in [4.69, 9.17) is 4.74 Å². The van der Waals surface area contributed by atoms with Gasteiger partial charge in [-0.2, -0.15) is 0 Å². The van der Waals surface area contributed by atoms with E-state index < -0.39 is 0 Å². The number of para-hydroxylation sites is 1. The fraction of sp³-hybridized carbons (Fsp3) is 0.174. The van der Waals surface area contributed by atoms with Crippen molar-refractivity contribution in [1.29, 1.82) is 0 Å². The second kappa shape index (κ2) is 8.84. The number of nitrogens with zero attached hydrogens (tertiary/aromatic N) is 1. The van der Waals surface area contributed by atoms with Crippen molar-refractivity contribution in [3.63, 3.8) is 0 Å². The number of thiazole rings is 1. The minimum atomic E-state index is -0.376. The van der Waals surface area contributed by atoms with Crippen LogP contribution in [0, 0.1) is 0 Å². The number of esters is 1. The maximum absolute atomic E-state index is 12.2.